The molecule has 1 aromatic heterocycles. The van der Waals surface area contributed by atoms with Gasteiger partial charge in [0.1, 0.15) is 5.75 Å². The Morgan fingerprint density at radius 2 is 1.76 bits per heavy atom. The monoisotopic (exact) mass is 308 g/mol. The lowest BCUT2D eigenvalue weighted by Gasteiger charge is -2.12. The molecule has 0 atom stereocenters. The highest BCUT2D eigenvalue weighted by atomic mass is 32.1. The van der Waals surface area contributed by atoms with E-state index in [1.54, 1.807) is 0 Å². The van der Waals surface area contributed by atoms with E-state index in [1.165, 1.54) is 23.5 Å². The number of rotatable bonds is 2. The van der Waals surface area contributed by atoms with Crippen LogP contribution >= 0.6 is 11.3 Å². The number of halogens is 3. The van der Waals surface area contributed by atoms with Crippen LogP contribution in [0.1, 0.15) is 16.0 Å². The first-order valence-electron chi connectivity index (χ1n) is 6.30. The number of alkyl halides is 3. The number of phenolic OH excluding ortho intramolecular Hbond substituents is 1. The van der Waals surface area contributed by atoms with Gasteiger partial charge in [-0.25, -0.2) is 0 Å². The summed E-state index contributed by atoms with van der Waals surface area (Å²) in [5.41, 5.74) is -0.605. The summed E-state index contributed by atoms with van der Waals surface area (Å²) in [4.78, 5) is 0.868. The van der Waals surface area contributed by atoms with Crippen molar-refractivity contribution in [3.05, 3.63) is 64.5 Å². The second-order valence-electron chi connectivity index (χ2n) is 4.77. The van der Waals surface area contributed by atoms with E-state index < -0.39 is 11.7 Å². The molecule has 0 saturated heterocycles. The smallest absolute Gasteiger partial charge is 0.416 e. The first kappa shape index (κ1) is 13.9. The summed E-state index contributed by atoms with van der Waals surface area (Å²) in [6.07, 6.45) is -4.26. The molecule has 0 fully saturated rings. The van der Waals surface area contributed by atoms with Gasteiger partial charge in [-0.1, -0.05) is 24.3 Å². The molecule has 0 amide bonds. The zero-order chi connectivity index (χ0) is 15.0. The van der Waals surface area contributed by atoms with E-state index in [0.717, 1.165) is 21.0 Å². The number of aromatic hydroxyl groups is 1. The number of fused-ring (bicyclic) bond motifs is 1. The summed E-state index contributed by atoms with van der Waals surface area (Å²) >= 11 is 1.49. The Balaban J connectivity index is 2.01. The third kappa shape index (κ3) is 2.88. The van der Waals surface area contributed by atoms with Crippen molar-refractivity contribution in [2.24, 2.45) is 0 Å². The van der Waals surface area contributed by atoms with Crippen LogP contribution in [0.15, 0.2) is 48.5 Å². The summed E-state index contributed by atoms with van der Waals surface area (Å²) < 4.78 is 40.1. The molecule has 3 aromatic rings. The van der Waals surface area contributed by atoms with Gasteiger partial charge in [-0.05, 0) is 35.2 Å². The average Bonchev–Trinajstić information content (AvgIpc) is 2.82. The van der Waals surface area contributed by atoms with Crippen molar-refractivity contribution in [3.63, 3.8) is 0 Å². The molecule has 1 N–H and O–H groups in total. The molecule has 0 aliphatic carbocycles. The van der Waals surface area contributed by atoms with Crippen molar-refractivity contribution in [2.75, 3.05) is 0 Å². The first-order chi connectivity index (χ1) is 9.93. The highest BCUT2D eigenvalue weighted by molar-refractivity contribution is 7.19. The molecule has 1 nitrogen and oxygen atoms in total. The maximum Gasteiger partial charge on any atom is 0.416 e. The molecule has 0 spiro atoms. The van der Waals surface area contributed by atoms with Crippen molar-refractivity contribution < 1.29 is 18.3 Å². The van der Waals surface area contributed by atoms with Gasteiger partial charge in [0, 0.05) is 16.0 Å². The van der Waals surface area contributed by atoms with Crippen molar-refractivity contribution in [1.29, 1.82) is 0 Å². The fraction of sp³-hybridized carbons (Fsp3) is 0.125. The topological polar surface area (TPSA) is 20.2 Å². The number of hydrogen-bond donors (Lipinski definition) is 1. The van der Waals surface area contributed by atoms with Crippen molar-refractivity contribution in [1.82, 2.24) is 0 Å². The van der Waals surface area contributed by atoms with E-state index in [-0.39, 0.29) is 17.7 Å². The zero-order valence-corrected chi connectivity index (χ0v) is 11.6. The Bertz CT molecular complexity index is 757. The molecule has 2 aromatic carbocycles. The van der Waals surface area contributed by atoms with Gasteiger partial charge in [0.15, 0.2) is 0 Å². The second kappa shape index (κ2) is 5.07. The van der Waals surface area contributed by atoms with Crippen molar-refractivity contribution in [2.45, 2.75) is 12.6 Å². The fourth-order valence-electron chi connectivity index (χ4n) is 2.29. The molecule has 0 unspecified atom stereocenters. The van der Waals surface area contributed by atoms with E-state index in [0.29, 0.717) is 0 Å². The first-order valence-corrected chi connectivity index (χ1v) is 7.12. The van der Waals surface area contributed by atoms with E-state index in [2.05, 4.69) is 0 Å². The minimum Gasteiger partial charge on any atom is -0.508 e. The number of hydrogen-bond acceptors (Lipinski definition) is 2. The molecule has 21 heavy (non-hydrogen) atoms. The van der Waals surface area contributed by atoms with Gasteiger partial charge in [-0.3, -0.25) is 0 Å². The largest absolute Gasteiger partial charge is 0.508 e. The van der Waals surface area contributed by atoms with Crippen LogP contribution in [0, 0.1) is 0 Å². The van der Waals surface area contributed by atoms with Crippen LogP contribution in [0.5, 0.6) is 5.75 Å². The van der Waals surface area contributed by atoms with E-state index >= 15 is 0 Å². The SMILES string of the molecule is Oc1ccc(Cc2cc3ccccc3s2)c(C(F)(F)F)c1. The van der Waals surface area contributed by atoms with Crippen LogP contribution in [0.3, 0.4) is 0 Å². The van der Waals surface area contributed by atoms with E-state index in [9.17, 15) is 18.3 Å². The van der Waals surface area contributed by atoms with Gasteiger partial charge in [-0.2, -0.15) is 13.2 Å². The summed E-state index contributed by atoms with van der Waals surface area (Å²) in [5.74, 6) is -0.373. The van der Waals surface area contributed by atoms with Crippen molar-refractivity contribution in [3.8, 4) is 5.75 Å². The van der Waals surface area contributed by atoms with Gasteiger partial charge >= 0.3 is 6.18 Å². The quantitative estimate of drug-likeness (QED) is 0.688. The summed E-state index contributed by atoms with van der Waals surface area (Å²) in [6.45, 7) is 0. The van der Waals surface area contributed by atoms with Crippen LogP contribution in [-0.4, -0.2) is 5.11 Å². The second-order valence-corrected chi connectivity index (χ2v) is 5.93. The van der Waals surface area contributed by atoms with Crippen LogP contribution in [0.4, 0.5) is 13.2 Å². The predicted octanol–water partition coefficient (Wildman–Crippen LogP) is 5.22. The molecule has 108 valence electrons. The van der Waals surface area contributed by atoms with E-state index in [1.807, 2.05) is 30.3 Å². The Hall–Kier alpha value is -2.01. The van der Waals surface area contributed by atoms with Gasteiger partial charge in [-0.15, -0.1) is 11.3 Å². The maximum absolute atomic E-state index is 13.0. The molecule has 0 radical (unpaired) electrons. The summed E-state index contributed by atoms with van der Waals surface area (Å²) in [6, 6.07) is 13.0. The van der Waals surface area contributed by atoms with Crippen LogP contribution in [0.2, 0.25) is 0 Å². The molecular weight excluding hydrogens is 297 g/mol. The highest BCUT2D eigenvalue weighted by Crippen LogP contribution is 2.36. The number of thiophene rings is 1. The standard InChI is InChI=1S/C16H11F3OS/c17-16(18,19)14-9-12(20)6-5-10(14)7-13-8-11-3-1-2-4-15(11)21-13/h1-6,8-9,20H,7H2. The maximum atomic E-state index is 13.0. The van der Waals surface area contributed by atoms with E-state index in [4.69, 9.17) is 0 Å². The Kier molecular flexibility index (Phi) is 3.37. The summed E-state index contributed by atoms with van der Waals surface area (Å²) in [5, 5.41) is 10.3. The Morgan fingerprint density at radius 1 is 1.00 bits per heavy atom. The fourth-order valence-corrected chi connectivity index (χ4v) is 3.38. The van der Waals surface area contributed by atoms with Gasteiger partial charge in [0.05, 0.1) is 5.56 Å². The lowest BCUT2D eigenvalue weighted by Crippen LogP contribution is -2.09. The normalized spacial score (nSPS) is 12.0. The zero-order valence-electron chi connectivity index (χ0n) is 10.8. The third-order valence-electron chi connectivity index (χ3n) is 3.24. The average molecular weight is 308 g/mol. The van der Waals surface area contributed by atoms with Crippen molar-refractivity contribution >= 4 is 21.4 Å². The van der Waals surface area contributed by atoms with Gasteiger partial charge in [0.2, 0.25) is 0 Å². The highest BCUT2D eigenvalue weighted by Gasteiger charge is 2.33. The molecular formula is C16H11F3OS. The molecule has 0 aliphatic heterocycles. The van der Waals surface area contributed by atoms with Crippen LogP contribution < -0.4 is 0 Å². The molecule has 1 heterocycles. The van der Waals surface area contributed by atoms with Crippen LogP contribution in [-0.2, 0) is 12.6 Å². The Morgan fingerprint density at radius 3 is 2.48 bits per heavy atom. The van der Waals surface area contributed by atoms with Gasteiger partial charge in [0.25, 0.3) is 0 Å². The minimum absolute atomic E-state index is 0.173. The molecule has 3 rings (SSSR count). The summed E-state index contributed by atoms with van der Waals surface area (Å²) in [7, 11) is 0. The number of phenols is 1. The minimum atomic E-state index is -4.47. The Labute approximate surface area is 123 Å². The molecule has 0 bridgehead atoms. The lowest BCUT2D eigenvalue weighted by molar-refractivity contribution is -0.138. The van der Waals surface area contributed by atoms with Crippen LogP contribution in [0.25, 0.3) is 10.1 Å². The van der Waals surface area contributed by atoms with Gasteiger partial charge < -0.3 is 5.11 Å². The lowest BCUT2D eigenvalue weighted by atomic mass is 10.0. The molecule has 5 heteroatoms. The molecule has 0 aliphatic rings. The molecule has 0 saturated carbocycles. The predicted molar refractivity (Wildman–Crippen MR) is 77.7 cm³/mol. The third-order valence-corrected chi connectivity index (χ3v) is 4.36. The number of benzene rings is 2.